The van der Waals surface area contributed by atoms with Gasteiger partial charge in [0.15, 0.2) is 17.4 Å². The quantitative estimate of drug-likeness (QED) is 0.363. The maximum Gasteiger partial charge on any atom is 0.187 e. The zero-order valence-electron chi connectivity index (χ0n) is 1.71. The van der Waals surface area contributed by atoms with Crippen LogP contribution >= 0.6 is 0 Å². The molecule has 0 saturated heterocycles. The Morgan fingerprint density at radius 2 is 1.00 bits per heavy atom. The smallest absolute Gasteiger partial charge is 0.187 e. The van der Waals surface area contributed by atoms with E-state index >= 15 is 0 Å². The predicted octanol–water partition coefficient (Wildman–Crippen LogP) is -0.590. The van der Waals surface area contributed by atoms with E-state index in [-0.39, 0.29) is 44.7 Å². The fourth-order valence-electron chi connectivity index (χ4n) is 0. The first kappa shape index (κ1) is 19.7. The molecule has 0 aromatic rings. The molecule has 0 amide bonds. The molecule has 0 fully saturated rings. The van der Waals surface area contributed by atoms with Crippen molar-refractivity contribution < 1.29 is 27.3 Å². The molecule has 0 bridgehead atoms. The molecule has 2 nitrogen and oxygen atoms in total. The molecule has 0 aromatic carbocycles. The Bertz CT molecular complexity index is 6.00. The van der Waals surface area contributed by atoms with Crippen LogP contribution in [0, 0.1) is 11.1 Å². The minimum atomic E-state index is 0. The van der Waals surface area contributed by atoms with Crippen LogP contribution in [0.4, 0.5) is 0 Å². The van der Waals surface area contributed by atoms with E-state index in [2.05, 4.69) is 0 Å². The number of nitrogens with one attached hydrogen (secondary N) is 2. The van der Waals surface area contributed by atoms with Crippen molar-refractivity contribution in [3.8, 4) is 0 Å². The van der Waals surface area contributed by atoms with Crippen LogP contribution in [0.3, 0.4) is 0 Å². The van der Waals surface area contributed by atoms with Crippen LogP contribution in [0.2, 0.25) is 0 Å². The van der Waals surface area contributed by atoms with Crippen LogP contribution in [-0.4, -0.2) is 17.4 Å². The van der Waals surface area contributed by atoms with Crippen molar-refractivity contribution in [1.29, 1.82) is 11.1 Å². The molecule has 0 atom stereocenters. The van der Waals surface area contributed by atoms with Gasteiger partial charge in [-0.25, -0.2) is 11.1 Å². The number of rotatable bonds is 0. The molecule has 0 aliphatic rings. The maximum atomic E-state index is 5.00. The largest absolute Gasteiger partial charge is 0.213 e. The number of hydrogen-bond donors (Lipinski definition) is 2. The Kier molecular flexibility index (Phi) is 167. The third kappa shape index (κ3) is 11.6. The van der Waals surface area contributed by atoms with E-state index in [0.717, 1.165) is 0 Å². The molecule has 0 rings (SSSR count). The van der Waals surface area contributed by atoms with Crippen LogP contribution in [0.5, 0.6) is 0 Å². The van der Waals surface area contributed by atoms with E-state index < -0.39 is 0 Å². The summed E-state index contributed by atoms with van der Waals surface area (Å²) >= 11 is 0. The van der Waals surface area contributed by atoms with Gasteiger partial charge >= 0.3 is 0 Å². The minimum Gasteiger partial charge on any atom is -0.213 e. The average molecular weight is 172 g/mol. The van der Waals surface area contributed by atoms with Gasteiger partial charge in [-0.15, -0.1) is 0 Å². The molecule has 0 heterocycles. The molecule has 0 unspecified atom stereocenters. The summed E-state index contributed by atoms with van der Waals surface area (Å²) < 4.78 is 0. The van der Waals surface area contributed by atoms with Crippen molar-refractivity contribution in [3.63, 3.8) is 0 Å². The summed E-state index contributed by atoms with van der Waals surface area (Å²) in [6.07, 6.45) is 0. The van der Waals surface area contributed by atoms with Gasteiger partial charge in [-0.05, 0) is 0 Å². The molecule has 4 heteroatoms. The van der Waals surface area contributed by atoms with Gasteiger partial charge in [0.05, 0.1) is 0 Å². The van der Waals surface area contributed by atoms with Gasteiger partial charge in [0, 0.05) is 27.3 Å². The molecule has 0 aliphatic heterocycles. The monoisotopic (exact) mass is 174 g/mol. The SMILES string of the molecule is N=N.[AlH3].[Cd]. The first-order chi connectivity index (χ1) is 1.00. The molecule has 2 N–H and O–H groups in total. The second kappa shape index (κ2) is 34.0. The maximum absolute atomic E-state index is 5.00. The normalized spacial score (nSPS) is 1.00. The summed E-state index contributed by atoms with van der Waals surface area (Å²) in [4.78, 5) is 0. The molecule has 0 spiro atoms. The number of hydrogen-bond acceptors (Lipinski definition) is 2. The van der Waals surface area contributed by atoms with Crippen molar-refractivity contribution in [2.75, 3.05) is 0 Å². The first-order valence-electron chi connectivity index (χ1n) is 0.250. The Labute approximate surface area is 55.6 Å². The summed E-state index contributed by atoms with van der Waals surface area (Å²) in [5, 5.41) is 0. The Morgan fingerprint density at radius 3 is 1.00 bits per heavy atom. The van der Waals surface area contributed by atoms with Gasteiger partial charge in [-0.2, -0.15) is 0 Å². The molecule has 0 aliphatic carbocycles. The zero-order chi connectivity index (χ0) is 2.00. The second-order valence-corrected chi connectivity index (χ2v) is 0. The Balaban J connectivity index is -0.00000000500. The standard InChI is InChI=1S/Al.Cd.H2N2.3H/c;;1-2;;;/h;;1-2H;;;. The molecular weight excluding hydrogens is 167 g/mol. The van der Waals surface area contributed by atoms with Crippen molar-refractivity contribution in [2.24, 2.45) is 0 Å². The molecular formula is H5AlCdN2. The summed E-state index contributed by atoms with van der Waals surface area (Å²) in [7, 11) is 0. The zero-order valence-corrected chi connectivity index (χ0v) is 5.74. The molecule has 4 heavy (non-hydrogen) atoms. The van der Waals surface area contributed by atoms with Gasteiger partial charge in [0.25, 0.3) is 0 Å². The molecule has 0 saturated carbocycles. The van der Waals surface area contributed by atoms with Gasteiger partial charge in [-0.1, -0.05) is 0 Å². The van der Waals surface area contributed by atoms with Crippen LogP contribution in [-0.2, 0) is 27.3 Å². The van der Waals surface area contributed by atoms with Gasteiger partial charge in [0.1, 0.15) is 0 Å². The minimum absolute atomic E-state index is 0. The molecule has 20 valence electrons. The predicted molar refractivity (Wildman–Crippen MR) is 15.4 cm³/mol. The van der Waals surface area contributed by atoms with Crippen LogP contribution < -0.4 is 0 Å². The Hall–Kier alpha value is 1.05. The summed E-state index contributed by atoms with van der Waals surface area (Å²) in [5.74, 6) is 0. The van der Waals surface area contributed by atoms with E-state index in [4.69, 9.17) is 11.1 Å². The second-order valence-electron chi connectivity index (χ2n) is 0. The average Bonchev–Trinajstić information content (AvgIpc) is 1.00. The molecule has 0 aromatic heterocycles. The summed E-state index contributed by atoms with van der Waals surface area (Å²) in [5.41, 5.74) is 10.0. The van der Waals surface area contributed by atoms with Crippen LogP contribution in [0.15, 0.2) is 0 Å². The van der Waals surface area contributed by atoms with Crippen molar-refractivity contribution >= 4 is 17.4 Å². The van der Waals surface area contributed by atoms with E-state index in [9.17, 15) is 0 Å². The van der Waals surface area contributed by atoms with Gasteiger partial charge < -0.3 is 0 Å². The first-order valence-corrected chi connectivity index (χ1v) is 0.250. The fraction of sp³-hybridized carbons (Fsp3) is 0. The van der Waals surface area contributed by atoms with Crippen molar-refractivity contribution in [1.82, 2.24) is 0 Å². The third-order valence-electron chi connectivity index (χ3n) is 0. The van der Waals surface area contributed by atoms with Crippen molar-refractivity contribution in [2.45, 2.75) is 0 Å². The fourth-order valence-corrected chi connectivity index (χ4v) is 0. The van der Waals surface area contributed by atoms with Gasteiger partial charge in [-0.3, -0.25) is 0 Å². The van der Waals surface area contributed by atoms with E-state index in [1.165, 1.54) is 0 Å². The van der Waals surface area contributed by atoms with Crippen molar-refractivity contribution in [3.05, 3.63) is 0 Å². The van der Waals surface area contributed by atoms with Crippen LogP contribution in [0.25, 0.3) is 0 Å². The molecule has 0 radical (unpaired) electrons. The van der Waals surface area contributed by atoms with Gasteiger partial charge in [0.2, 0.25) is 0 Å². The van der Waals surface area contributed by atoms with E-state index in [1.807, 2.05) is 0 Å². The van der Waals surface area contributed by atoms with Crippen LogP contribution in [0.1, 0.15) is 0 Å². The third-order valence-corrected chi connectivity index (χ3v) is 0. The summed E-state index contributed by atoms with van der Waals surface area (Å²) in [6.45, 7) is 0. The van der Waals surface area contributed by atoms with E-state index in [0.29, 0.717) is 0 Å². The Morgan fingerprint density at radius 1 is 1.00 bits per heavy atom. The topological polar surface area (TPSA) is 47.7 Å². The van der Waals surface area contributed by atoms with E-state index in [1.54, 1.807) is 0 Å². The summed E-state index contributed by atoms with van der Waals surface area (Å²) in [6, 6.07) is 0.